The van der Waals surface area contributed by atoms with E-state index in [1.807, 2.05) is 12.1 Å². The standard InChI is InChI=1S/C37H47N7O6/c1-5-41-17-18-42(33(46)13-16-44-24-39-29-11-7-6-10-27(29)37(44)47)15-12-32(45)38-21-25-9-8-14-43(22-25)36-26(23-41)19-28-30(40-36)20-31(48-2)35(50-4)34(28)49-3/h6-7,10-11,19-20,24-25H,5,8-9,12-18,21-23H2,1-4H3,(H,38,45). The number of fused-ring (bicyclic) bond motifs is 6. The average molecular weight is 686 g/mol. The minimum Gasteiger partial charge on any atom is -0.493 e. The van der Waals surface area contributed by atoms with Gasteiger partial charge in [0.25, 0.3) is 5.56 Å². The number of hydrogen-bond donors (Lipinski definition) is 1. The fraction of sp³-hybridized carbons (Fsp3) is 0.486. The second-order valence-corrected chi connectivity index (χ2v) is 13.0. The van der Waals surface area contributed by atoms with Gasteiger partial charge in [0.1, 0.15) is 5.82 Å². The van der Waals surface area contributed by atoms with Crippen molar-refractivity contribution < 1.29 is 23.8 Å². The number of benzene rings is 2. The zero-order valence-corrected chi connectivity index (χ0v) is 29.4. The minimum atomic E-state index is -0.176. The molecule has 2 aliphatic heterocycles. The van der Waals surface area contributed by atoms with E-state index in [1.54, 1.807) is 44.4 Å². The van der Waals surface area contributed by atoms with E-state index in [9.17, 15) is 14.4 Å². The van der Waals surface area contributed by atoms with Crippen LogP contribution in [0.1, 0.15) is 38.2 Å². The van der Waals surface area contributed by atoms with Crippen LogP contribution in [0.15, 0.2) is 47.5 Å². The highest BCUT2D eigenvalue weighted by atomic mass is 16.5. The Bertz CT molecular complexity index is 1910. The summed E-state index contributed by atoms with van der Waals surface area (Å²) in [5.74, 6) is 2.60. The largest absolute Gasteiger partial charge is 0.493 e. The number of carbonyl (C=O) groups is 2. The molecule has 13 nitrogen and oxygen atoms in total. The second kappa shape index (κ2) is 15.8. The Balaban J connectivity index is 1.29. The number of carbonyl (C=O) groups excluding carboxylic acids is 2. The summed E-state index contributed by atoms with van der Waals surface area (Å²) in [7, 11) is 4.81. The molecule has 13 heteroatoms. The van der Waals surface area contributed by atoms with E-state index in [4.69, 9.17) is 19.2 Å². The highest BCUT2D eigenvalue weighted by Crippen LogP contribution is 2.44. The van der Waals surface area contributed by atoms with Crippen molar-refractivity contribution in [1.29, 1.82) is 0 Å². The summed E-state index contributed by atoms with van der Waals surface area (Å²) >= 11 is 0. The molecule has 266 valence electrons. The summed E-state index contributed by atoms with van der Waals surface area (Å²) < 4.78 is 18.7. The maximum Gasteiger partial charge on any atom is 0.261 e. The third-order valence-electron chi connectivity index (χ3n) is 9.87. The van der Waals surface area contributed by atoms with Crippen molar-refractivity contribution in [2.75, 3.05) is 72.0 Å². The Morgan fingerprint density at radius 2 is 1.78 bits per heavy atom. The van der Waals surface area contributed by atoms with Gasteiger partial charge in [-0.3, -0.25) is 23.9 Å². The number of likely N-dealkylation sites (N-methyl/N-ethyl adjacent to an activating group) is 1. The van der Waals surface area contributed by atoms with Crippen LogP contribution in [0.3, 0.4) is 0 Å². The Kier molecular flexibility index (Phi) is 11.0. The molecule has 4 aromatic rings. The molecule has 1 atom stereocenters. The van der Waals surface area contributed by atoms with E-state index in [0.717, 1.165) is 54.8 Å². The number of aromatic nitrogens is 3. The highest BCUT2D eigenvalue weighted by Gasteiger charge is 2.27. The van der Waals surface area contributed by atoms with Crippen LogP contribution in [0.5, 0.6) is 17.2 Å². The number of hydrogen-bond acceptors (Lipinski definition) is 10. The van der Waals surface area contributed by atoms with Crippen LogP contribution in [0.25, 0.3) is 21.8 Å². The molecule has 0 saturated carbocycles. The zero-order valence-electron chi connectivity index (χ0n) is 29.4. The number of ether oxygens (including phenoxy) is 3. The zero-order chi connectivity index (χ0) is 35.2. The molecule has 2 aromatic carbocycles. The van der Waals surface area contributed by atoms with Crippen LogP contribution in [0.2, 0.25) is 0 Å². The lowest BCUT2D eigenvalue weighted by molar-refractivity contribution is -0.132. The van der Waals surface area contributed by atoms with Crippen LogP contribution in [0, 0.1) is 5.92 Å². The van der Waals surface area contributed by atoms with Crippen LogP contribution >= 0.6 is 0 Å². The van der Waals surface area contributed by atoms with E-state index in [0.29, 0.717) is 60.9 Å². The van der Waals surface area contributed by atoms with Gasteiger partial charge in [0.15, 0.2) is 11.5 Å². The SMILES string of the molecule is CCN1CCN(C(=O)CCn2cnc3ccccc3c2=O)CCC(=O)NCC2CCCN(C2)c2nc3cc(OC)c(OC)c(OC)c3cc2C1. The molecule has 1 fully saturated rings. The highest BCUT2D eigenvalue weighted by molar-refractivity contribution is 5.92. The Labute approximate surface area is 292 Å². The van der Waals surface area contributed by atoms with Crippen molar-refractivity contribution in [2.45, 2.75) is 45.7 Å². The molecule has 2 amide bonds. The predicted molar refractivity (Wildman–Crippen MR) is 192 cm³/mol. The Morgan fingerprint density at radius 3 is 2.56 bits per heavy atom. The summed E-state index contributed by atoms with van der Waals surface area (Å²) in [6.07, 6.45) is 3.83. The lowest BCUT2D eigenvalue weighted by atomic mass is 9.97. The fourth-order valence-corrected chi connectivity index (χ4v) is 7.07. The third kappa shape index (κ3) is 7.47. The van der Waals surface area contributed by atoms with Gasteiger partial charge in [-0.25, -0.2) is 9.97 Å². The molecule has 50 heavy (non-hydrogen) atoms. The van der Waals surface area contributed by atoms with Crippen molar-refractivity contribution in [1.82, 2.24) is 29.7 Å². The molecule has 2 aliphatic rings. The number of nitrogens with one attached hydrogen (secondary N) is 1. The van der Waals surface area contributed by atoms with Crippen molar-refractivity contribution in [2.24, 2.45) is 5.92 Å². The summed E-state index contributed by atoms with van der Waals surface area (Å²) in [4.78, 5) is 55.8. The molecule has 2 aromatic heterocycles. The van der Waals surface area contributed by atoms with Gasteiger partial charge in [-0.1, -0.05) is 19.1 Å². The first-order valence-corrected chi connectivity index (χ1v) is 17.4. The number of amides is 2. The summed E-state index contributed by atoms with van der Waals surface area (Å²) in [5, 5.41) is 4.48. The van der Waals surface area contributed by atoms with Crippen LogP contribution in [-0.4, -0.2) is 103 Å². The van der Waals surface area contributed by atoms with Crippen molar-refractivity contribution >= 4 is 39.4 Å². The first kappa shape index (κ1) is 34.9. The van der Waals surface area contributed by atoms with Crippen LogP contribution in [-0.2, 0) is 22.7 Å². The molecule has 0 radical (unpaired) electrons. The molecular weight excluding hydrogens is 638 g/mol. The second-order valence-electron chi connectivity index (χ2n) is 13.0. The maximum absolute atomic E-state index is 13.7. The Morgan fingerprint density at radius 1 is 0.960 bits per heavy atom. The third-order valence-corrected chi connectivity index (χ3v) is 9.87. The molecule has 6 rings (SSSR count). The van der Waals surface area contributed by atoms with E-state index < -0.39 is 0 Å². The van der Waals surface area contributed by atoms with Gasteiger partial charge >= 0.3 is 0 Å². The van der Waals surface area contributed by atoms with E-state index in [2.05, 4.69) is 33.1 Å². The lowest BCUT2D eigenvalue weighted by Crippen LogP contribution is -2.42. The molecule has 0 spiro atoms. The predicted octanol–water partition coefficient (Wildman–Crippen LogP) is 3.45. The number of rotatable bonds is 7. The Hall–Kier alpha value is -4.91. The molecule has 1 unspecified atom stereocenters. The van der Waals surface area contributed by atoms with Crippen molar-refractivity contribution in [3.05, 3.63) is 58.6 Å². The van der Waals surface area contributed by atoms with E-state index in [-0.39, 0.29) is 42.7 Å². The molecular formula is C37H47N7O6. The van der Waals surface area contributed by atoms with E-state index in [1.165, 1.54) is 10.9 Å². The van der Waals surface area contributed by atoms with Crippen LogP contribution < -0.4 is 30.0 Å². The molecule has 1 N–H and O–H groups in total. The summed E-state index contributed by atoms with van der Waals surface area (Å²) in [5.41, 5.74) is 2.24. The number of aryl methyl sites for hydroxylation is 1. The molecule has 0 aliphatic carbocycles. The van der Waals surface area contributed by atoms with Gasteiger partial charge in [-0.2, -0.15) is 0 Å². The maximum atomic E-state index is 13.7. The number of para-hydroxylation sites is 1. The van der Waals surface area contributed by atoms with Gasteiger partial charge in [-0.15, -0.1) is 0 Å². The topological polar surface area (TPSA) is 131 Å². The van der Waals surface area contributed by atoms with E-state index >= 15 is 0 Å². The average Bonchev–Trinajstić information content (AvgIpc) is 3.15. The first-order valence-electron chi connectivity index (χ1n) is 17.4. The van der Waals surface area contributed by atoms with Gasteiger partial charge in [0.2, 0.25) is 17.6 Å². The molecule has 4 heterocycles. The van der Waals surface area contributed by atoms with Crippen LogP contribution in [0.4, 0.5) is 5.82 Å². The van der Waals surface area contributed by atoms with Crippen molar-refractivity contribution in [3.63, 3.8) is 0 Å². The number of methoxy groups -OCH3 is 3. The number of piperidine rings is 1. The normalized spacial score (nSPS) is 17.8. The first-order chi connectivity index (χ1) is 24.3. The fourth-order valence-electron chi connectivity index (χ4n) is 7.07. The number of pyridine rings is 1. The summed E-state index contributed by atoms with van der Waals surface area (Å²) in [6.45, 7) is 7.17. The quantitative estimate of drug-likeness (QED) is 0.309. The number of nitrogens with zero attached hydrogens (tertiary/aromatic N) is 6. The molecule has 2 bridgehead atoms. The van der Waals surface area contributed by atoms with Gasteiger partial charge in [0, 0.05) is 82.2 Å². The van der Waals surface area contributed by atoms with Crippen molar-refractivity contribution in [3.8, 4) is 17.2 Å². The monoisotopic (exact) mass is 685 g/mol. The minimum absolute atomic E-state index is 0.0743. The molecule has 1 saturated heterocycles. The summed E-state index contributed by atoms with van der Waals surface area (Å²) in [6, 6.07) is 11.2. The van der Waals surface area contributed by atoms with Gasteiger partial charge in [-0.05, 0) is 43.5 Å². The smallest absolute Gasteiger partial charge is 0.261 e. The number of anilines is 1. The lowest BCUT2D eigenvalue weighted by Gasteiger charge is -2.35. The van der Waals surface area contributed by atoms with Gasteiger partial charge in [0.05, 0.1) is 44.1 Å². The van der Waals surface area contributed by atoms with Gasteiger partial charge < -0.3 is 29.3 Å².